The fourth-order valence-electron chi connectivity index (χ4n) is 2.06. The highest BCUT2D eigenvalue weighted by molar-refractivity contribution is 5.86. The molecule has 0 spiro atoms. The van der Waals surface area contributed by atoms with Gasteiger partial charge in [0, 0.05) is 12.3 Å². The van der Waals surface area contributed by atoms with Gasteiger partial charge in [-0.15, -0.1) is 0 Å². The molecular weight excluding hydrogens is 260 g/mol. The third-order valence-electron chi connectivity index (χ3n) is 3.25. The van der Waals surface area contributed by atoms with Crippen molar-refractivity contribution < 1.29 is 19.5 Å². The van der Waals surface area contributed by atoms with Gasteiger partial charge in [0.25, 0.3) is 0 Å². The molecular formula is C14H16N2O4. The van der Waals surface area contributed by atoms with Crippen LogP contribution >= 0.6 is 0 Å². The zero-order valence-electron chi connectivity index (χ0n) is 10.8. The summed E-state index contributed by atoms with van der Waals surface area (Å²) in [6.07, 6.45) is 0.362. The van der Waals surface area contributed by atoms with Gasteiger partial charge in [-0.1, -0.05) is 30.3 Å². The van der Waals surface area contributed by atoms with Crippen molar-refractivity contribution in [2.45, 2.75) is 25.2 Å². The van der Waals surface area contributed by atoms with Crippen LogP contribution in [0.3, 0.4) is 0 Å². The molecule has 1 aromatic carbocycles. The highest BCUT2D eigenvalue weighted by Crippen LogP contribution is 2.47. The van der Waals surface area contributed by atoms with Crippen LogP contribution in [0.15, 0.2) is 30.3 Å². The van der Waals surface area contributed by atoms with Crippen molar-refractivity contribution in [2.75, 3.05) is 0 Å². The van der Waals surface area contributed by atoms with Crippen LogP contribution in [0.5, 0.6) is 0 Å². The normalized spacial score (nSPS) is 20.0. The van der Waals surface area contributed by atoms with Gasteiger partial charge in [-0.25, -0.2) is 0 Å². The van der Waals surface area contributed by atoms with E-state index >= 15 is 0 Å². The van der Waals surface area contributed by atoms with Crippen molar-refractivity contribution in [1.82, 2.24) is 10.9 Å². The summed E-state index contributed by atoms with van der Waals surface area (Å²) >= 11 is 0. The number of rotatable bonds is 5. The molecule has 2 atom stereocenters. The number of carboxylic acids is 1. The van der Waals surface area contributed by atoms with Crippen LogP contribution in [0.25, 0.3) is 0 Å². The lowest BCUT2D eigenvalue weighted by molar-refractivity contribution is -0.139. The summed E-state index contributed by atoms with van der Waals surface area (Å²) in [6, 6.07) is 9.73. The molecule has 0 aromatic heterocycles. The number of carbonyl (C=O) groups is 3. The van der Waals surface area contributed by atoms with E-state index in [1.165, 1.54) is 0 Å². The molecule has 0 radical (unpaired) electrons. The largest absolute Gasteiger partial charge is 0.481 e. The maximum Gasteiger partial charge on any atom is 0.303 e. The molecule has 0 heterocycles. The van der Waals surface area contributed by atoms with Gasteiger partial charge in [-0.2, -0.15) is 0 Å². The van der Waals surface area contributed by atoms with E-state index in [4.69, 9.17) is 5.11 Å². The van der Waals surface area contributed by atoms with E-state index in [1.54, 1.807) is 0 Å². The van der Waals surface area contributed by atoms with Crippen molar-refractivity contribution >= 4 is 17.8 Å². The summed E-state index contributed by atoms with van der Waals surface area (Å²) in [5, 5.41) is 8.43. The topological polar surface area (TPSA) is 95.5 Å². The number of carbonyl (C=O) groups excluding carboxylic acids is 2. The molecule has 6 heteroatoms. The van der Waals surface area contributed by atoms with Crippen LogP contribution in [-0.2, 0) is 14.4 Å². The highest BCUT2D eigenvalue weighted by atomic mass is 16.4. The molecule has 0 unspecified atom stereocenters. The van der Waals surface area contributed by atoms with Crippen molar-refractivity contribution in [3.8, 4) is 0 Å². The van der Waals surface area contributed by atoms with Gasteiger partial charge in [0.2, 0.25) is 11.8 Å². The fourth-order valence-corrected chi connectivity index (χ4v) is 2.06. The second-order valence-corrected chi connectivity index (χ2v) is 4.79. The van der Waals surface area contributed by atoms with Gasteiger partial charge in [0.1, 0.15) is 0 Å². The Balaban J connectivity index is 1.72. The van der Waals surface area contributed by atoms with Crippen molar-refractivity contribution in [3.05, 3.63) is 35.9 Å². The van der Waals surface area contributed by atoms with Gasteiger partial charge >= 0.3 is 5.97 Å². The van der Waals surface area contributed by atoms with E-state index in [2.05, 4.69) is 10.9 Å². The first-order valence-electron chi connectivity index (χ1n) is 6.43. The van der Waals surface area contributed by atoms with E-state index in [0.717, 1.165) is 12.0 Å². The van der Waals surface area contributed by atoms with Gasteiger partial charge < -0.3 is 5.11 Å². The Morgan fingerprint density at radius 2 is 1.80 bits per heavy atom. The molecule has 0 aliphatic heterocycles. The smallest absolute Gasteiger partial charge is 0.303 e. The predicted molar refractivity (Wildman–Crippen MR) is 70.4 cm³/mol. The molecule has 0 saturated heterocycles. The average molecular weight is 276 g/mol. The van der Waals surface area contributed by atoms with E-state index in [1.807, 2.05) is 30.3 Å². The fraction of sp³-hybridized carbons (Fsp3) is 0.357. The molecule has 1 aromatic rings. The third-order valence-corrected chi connectivity index (χ3v) is 3.25. The Kier molecular flexibility index (Phi) is 4.34. The third kappa shape index (κ3) is 3.81. The summed E-state index contributed by atoms with van der Waals surface area (Å²) in [5.74, 6) is -1.71. The van der Waals surface area contributed by atoms with Crippen molar-refractivity contribution in [1.29, 1.82) is 0 Å². The summed E-state index contributed by atoms with van der Waals surface area (Å²) < 4.78 is 0. The SMILES string of the molecule is O=C(O)CCC(=O)NNC(=O)[C@@H]1C[C@@H]1c1ccccc1. The first kappa shape index (κ1) is 14.0. The van der Waals surface area contributed by atoms with Gasteiger partial charge in [0.05, 0.1) is 6.42 Å². The number of hydrogen-bond acceptors (Lipinski definition) is 3. The quantitative estimate of drug-likeness (QED) is 0.693. The predicted octanol–water partition coefficient (Wildman–Crippen LogP) is 0.802. The minimum atomic E-state index is -1.04. The maximum atomic E-state index is 11.8. The van der Waals surface area contributed by atoms with Crippen LogP contribution < -0.4 is 10.9 Å². The number of aliphatic carboxylic acids is 1. The molecule has 106 valence electrons. The van der Waals surface area contributed by atoms with E-state index in [-0.39, 0.29) is 30.6 Å². The van der Waals surface area contributed by atoms with Gasteiger partial charge in [-0.3, -0.25) is 25.2 Å². The Morgan fingerprint density at radius 1 is 1.10 bits per heavy atom. The summed E-state index contributed by atoms with van der Waals surface area (Å²) in [6.45, 7) is 0. The Bertz CT molecular complexity index is 515. The number of benzene rings is 1. The lowest BCUT2D eigenvalue weighted by Crippen LogP contribution is -2.42. The Labute approximate surface area is 116 Å². The van der Waals surface area contributed by atoms with Crippen LogP contribution in [0.2, 0.25) is 0 Å². The monoisotopic (exact) mass is 276 g/mol. The van der Waals surface area contributed by atoms with Crippen LogP contribution in [0.4, 0.5) is 0 Å². The lowest BCUT2D eigenvalue weighted by atomic mass is 10.1. The van der Waals surface area contributed by atoms with Crippen LogP contribution in [0, 0.1) is 5.92 Å². The summed E-state index contributed by atoms with van der Waals surface area (Å²) in [7, 11) is 0. The number of carboxylic acid groups (broad SMARTS) is 1. The molecule has 1 fully saturated rings. The number of hydrazine groups is 1. The Morgan fingerprint density at radius 3 is 2.45 bits per heavy atom. The van der Waals surface area contributed by atoms with Gasteiger partial charge in [-0.05, 0) is 17.9 Å². The maximum absolute atomic E-state index is 11.8. The highest BCUT2D eigenvalue weighted by Gasteiger charge is 2.43. The van der Waals surface area contributed by atoms with Crippen molar-refractivity contribution in [2.24, 2.45) is 5.92 Å². The molecule has 2 rings (SSSR count). The molecule has 2 amide bonds. The summed E-state index contributed by atoms with van der Waals surface area (Å²) in [4.78, 5) is 33.3. The average Bonchev–Trinajstić information content (AvgIpc) is 3.24. The minimum absolute atomic E-state index is 0.128. The standard InChI is InChI=1S/C14H16N2O4/c17-12(6-7-13(18)19)15-16-14(20)11-8-10(11)9-4-2-1-3-5-9/h1-5,10-11H,6-8H2,(H,15,17)(H,16,20)(H,18,19)/t10-,11-/m1/s1. The minimum Gasteiger partial charge on any atom is -0.481 e. The number of nitrogens with one attached hydrogen (secondary N) is 2. The molecule has 1 aliphatic carbocycles. The first-order valence-corrected chi connectivity index (χ1v) is 6.43. The first-order chi connectivity index (χ1) is 9.58. The molecule has 6 nitrogen and oxygen atoms in total. The molecule has 3 N–H and O–H groups in total. The van der Waals surface area contributed by atoms with Gasteiger partial charge in [0.15, 0.2) is 0 Å². The van der Waals surface area contributed by atoms with Crippen LogP contribution in [0.1, 0.15) is 30.7 Å². The molecule has 1 aliphatic rings. The second kappa shape index (κ2) is 6.18. The number of amides is 2. The summed E-state index contributed by atoms with van der Waals surface area (Å²) in [5.41, 5.74) is 5.68. The van der Waals surface area contributed by atoms with E-state index in [0.29, 0.717) is 0 Å². The van der Waals surface area contributed by atoms with Crippen molar-refractivity contribution in [3.63, 3.8) is 0 Å². The molecule has 1 saturated carbocycles. The zero-order valence-corrected chi connectivity index (χ0v) is 10.8. The Hall–Kier alpha value is -2.37. The van der Waals surface area contributed by atoms with E-state index in [9.17, 15) is 14.4 Å². The zero-order chi connectivity index (χ0) is 14.5. The van der Waals surface area contributed by atoms with Crippen LogP contribution in [-0.4, -0.2) is 22.9 Å². The lowest BCUT2D eigenvalue weighted by Gasteiger charge is -2.06. The van der Waals surface area contributed by atoms with E-state index < -0.39 is 11.9 Å². The number of hydrogen-bond donors (Lipinski definition) is 3. The second-order valence-electron chi connectivity index (χ2n) is 4.79. The molecule has 20 heavy (non-hydrogen) atoms. The molecule has 0 bridgehead atoms.